The third-order valence-electron chi connectivity index (χ3n) is 6.98. The molecule has 4 fully saturated rings. The van der Waals surface area contributed by atoms with Gasteiger partial charge in [-0.05, 0) is 79.4 Å². The van der Waals surface area contributed by atoms with Crippen molar-refractivity contribution in [3.05, 3.63) is 39.6 Å². The molecule has 6 heteroatoms. The molecule has 4 aliphatic rings. The predicted octanol–water partition coefficient (Wildman–Crippen LogP) is 6.17. The van der Waals surface area contributed by atoms with Gasteiger partial charge in [0.15, 0.2) is 5.16 Å². The van der Waals surface area contributed by atoms with E-state index in [-0.39, 0.29) is 0 Å². The van der Waals surface area contributed by atoms with E-state index in [9.17, 15) is 0 Å². The largest absolute Gasteiger partial charge is 0.309 e. The summed E-state index contributed by atoms with van der Waals surface area (Å²) in [5, 5.41) is 11.3. The van der Waals surface area contributed by atoms with Crippen LogP contribution in [-0.4, -0.2) is 14.8 Å². The van der Waals surface area contributed by atoms with Crippen LogP contribution in [0.25, 0.3) is 0 Å². The van der Waals surface area contributed by atoms with Crippen molar-refractivity contribution in [3.8, 4) is 0 Å². The molecular weight excluding hydrogens is 397 g/mol. The minimum Gasteiger partial charge on any atom is -0.309 e. The second kappa shape index (κ2) is 6.96. The molecule has 1 heterocycles. The van der Waals surface area contributed by atoms with E-state index in [4.69, 9.17) is 23.2 Å². The smallest absolute Gasteiger partial charge is 0.191 e. The Hall–Kier alpha value is -0.710. The van der Waals surface area contributed by atoms with Crippen LogP contribution in [0.3, 0.4) is 0 Å². The van der Waals surface area contributed by atoms with Crippen LogP contribution in [0.15, 0.2) is 23.4 Å². The lowest BCUT2D eigenvalue weighted by Gasteiger charge is -2.56. The fourth-order valence-corrected chi connectivity index (χ4v) is 7.44. The topological polar surface area (TPSA) is 30.7 Å². The molecule has 0 saturated heterocycles. The number of thioether (sulfide) groups is 1. The molecule has 0 unspecified atom stereocenters. The van der Waals surface area contributed by atoms with Gasteiger partial charge in [0.25, 0.3) is 0 Å². The predicted molar refractivity (Wildman–Crippen MR) is 111 cm³/mol. The average molecular weight is 422 g/mol. The Kier molecular flexibility index (Phi) is 4.73. The summed E-state index contributed by atoms with van der Waals surface area (Å²) in [5.74, 6) is 4.92. The van der Waals surface area contributed by atoms with E-state index in [1.165, 1.54) is 38.5 Å². The van der Waals surface area contributed by atoms with Crippen LogP contribution >= 0.6 is 35.0 Å². The van der Waals surface area contributed by atoms with E-state index in [0.29, 0.717) is 15.5 Å². The Labute approximate surface area is 175 Å². The molecule has 1 aromatic heterocycles. The Balaban J connectivity index is 1.28. The maximum Gasteiger partial charge on any atom is 0.191 e. The summed E-state index contributed by atoms with van der Waals surface area (Å²) < 4.78 is 2.21. The Morgan fingerprint density at radius 2 is 1.70 bits per heavy atom. The molecule has 0 N–H and O–H groups in total. The van der Waals surface area contributed by atoms with E-state index in [1.54, 1.807) is 11.8 Å². The van der Waals surface area contributed by atoms with Crippen molar-refractivity contribution in [1.82, 2.24) is 14.8 Å². The van der Waals surface area contributed by atoms with Gasteiger partial charge in [-0.15, -0.1) is 10.2 Å². The number of halogens is 2. The molecule has 6 rings (SSSR count). The molecule has 4 aliphatic carbocycles. The van der Waals surface area contributed by atoms with E-state index < -0.39 is 0 Å². The molecule has 3 nitrogen and oxygen atoms in total. The SMILES string of the molecule is Cn1c(CC23CC4CC(CC(C4)C2)C3)nnc1SCc1ccc(Cl)c(Cl)c1. The molecule has 144 valence electrons. The van der Waals surface area contributed by atoms with E-state index in [2.05, 4.69) is 21.8 Å². The lowest BCUT2D eigenvalue weighted by atomic mass is 9.49. The van der Waals surface area contributed by atoms with Gasteiger partial charge in [0, 0.05) is 19.2 Å². The van der Waals surface area contributed by atoms with Gasteiger partial charge in [-0.2, -0.15) is 0 Å². The molecule has 0 aliphatic heterocycles. The maximum absolute atomic E-state index is 6.13. The second-order valence-corrected chi connectivity index (χ2v) is 10.8. The van der Waals surface area contributed by atoms with Crippen molar-refractivity contribution in [3.63, 3.8) is 0 Å². The highest BCUT2D eigenvalue weighted by atomic mass is 35.5. The lowest BCUT2D eigenvalue weighted by Crippen LogP contribution is -2.47. The monoisotopic (exact) mass is 421 g/mol. The summed E-state index contributed by atoms with van der Waals surface area (Å²) in [6.45, 7) is 0. The molecule has 2 aromatic rings. The summed E-state index contributed by atoms with van der Waals surface area (Å²) in [5.41, 5.74) is 1.65. The van der Waals surface area contributed by atoms with Crippen LogP contribution in [0.5, 0.6) is 0 Å². The van der Waals surface area contributed by atoms with Gasteiger partial charge >= 0.3 is 0 Å². The molecular formula is C21H25Cl2N3S. The van der Waals surface area contributed by atoms with Crippen molar-refractivity contribution >= 4 is 35.0 Å². The number of aromatic nitrogens is 3. The summed E-state index contributed by atoms with van der Waals surface area (Å²) in [6.07, 6.45) is 9.81. The molecule has 0 radical (unpaired) electrons. The third kappa shape index (κ3) is 3.54. The van der Waals surface area contributed by atoms with Crippen LogP contribution in [0.1, 0.15) is 49.9 Å². The lowest BCUT2D eigenvalue weighted by molar-refractivity contribution is -0.0535. The first-order chi connectivity index (χ1) is 13.0. The number of benzene rings is 1. The standard InChI is InChI=1S/C21H25Cl2N3S/c1-26-19(11-21-8-14-4-15(9-21)6-16(5-14)10-21)24-25-20(26)27-12-13-2-3-17(22)18(23)7-13/h2-3,7,14-16H,4-6,8-12H2,1H3. The van der Waals surface area contributed by atoms with Crippen molar-refractivity contribution in [2.24, 2.45) is 30.2 Å². The van der Waals surface area contributed by atoms with Crippen molar-refractivity contribution < 1.29 is 0 Å². The quantitative estimate of drug-likeness (QED) is 0.540. The Morgan fingerprint density at radius 1 is 1.04 bits per heavy atom. The van der Waals surface area contributed by atoms with Crippen LogP contribution in [0.4, 0.5) is 0 Å². The average Bonchev–Trinajstić information content (AvgIpc) is 2.94. The summed E-state index contributed by atoms with van der Waals surface area (Å²) in [6, 6.07) is 5.81. The fraction of sp³-hybridized carbons (Fsp3) is 0.619. The molecule has 1 aromatic carbocycles. The first kappa shape index (κ1) is 18.3. The minimum absolute atomic E-state index is 0.501. The zero-order chi connectivity index (χ0) is 18.6. The van der Waals surface area contributed by atoms with Gasteiger partial charge in [-0.1, -0.05) is 41.0 Å². The molecule has 4 bridgehead atoms. The van der Waals surface area contributed by atoms with Gasteiger partial charge in [0.2, 0.25) is 0 Å². The Morgan fingerprint density at radius 3 is 2.33 bits per heavy atom. The van der Waals surface area contributed by atoms with E-state index >= 15 is 0 Å². The van der Waals surface area contributed by atoms with Crippen molar-refractivity contribution in [2.75, 3.05) is 0 Å². The highest BCUT2D eigenvalue weighted by Crippen LogP contribution is 2.60. The highest BCUT2D eigenvalue weighted by molar-refractivity contribution is 7.98. The van der Waals surface area contributed by atoms with Gasteiger partial charge in [-0.3, -0.25) is 0 Å². The summed E-state index contributed by atoms with van der Waals surface area (Å²) >= 11 is 13.9. The van der Waals surface area contributed by atoms with E-state index in [0.717, 1.165) is 46.5 Å². The van der Waals surface area contributed by atoms with Gasteiger partial charge in [0.1, 0.15) is 5.82 Å². The zero-order valence-corrected chi connectivity index (χ0v) is 18.0. The second-order valence-electron chi connectivity index (χ2n) is 9.09. The number of hydrogen-bond acceptors (Lipinski definition) is 3. The summed E-state index contributed by atoms with van der Waals surface area (Å²) in [4.78, 5) is 0. The molecule has 27 heavy (non-hydrogen) atoms. The van der Waals surface area contributed by atoms with E-state index in [1.807, 2.05) is 18.2 Å². The first-order valence-electron chi connectivity index (χ1n) is 9.95. The molecule has 0 amide bonds. The van der Waals surface area contributed by atoms with Crippen LogP contribution in [0.2, 0.25) is 10.0 Å². The minimum atomic E-state index is 0.501. The first-order valence-corrected chi connectivity index (χ1v) is 11.7. The maximum atomic E-state index is 6.13. The third-order valence-corrected chi connectivity index (χ3v) is 8.81. The Bertz CT molecular complexity index is 828. The van der Waals surface area contributed by atoms with Gasteiger partial charge in [-0.25, -0.2) is 0 Å². The highest BCUT2D eigenvalue weighted by Gasteiger charge is 2.51. The van der Waals surface area contributed by atoms with Gasteiger partial charge in [0.05, 0.1) is 10.0 Å². The van der Waals surface area contributed by atoms with Crippen molar-refractivity contribution in [1.29, 1.82) is 0 Å². The van der Waals surface area contributed by atoms with Crippen LogP contribution in [0, 0.1) is 23.2 Å². The normalized spacial score (nSPS) is 31.6. The van der Waals surface area contributed by atoms with Gasteiger partial charge < -0.3 is 4.57 Å². The number of nitrogens with zero attached hydrogens (tertiary/aromatic N) is 3. The van der Waals surface area contributed by atoms with Crippen LogP contribution < -0.4 is 0 Å². The zero-order valence-electron chi connectivity index (χ0n) is 15.6. The summed E-state index contributed by atoms with van der Waals surface area (Å²) in [7, 11) is 2.12. The molecule has 4 saturated carbocycles. The number of hydrogen-bond donors (Lipinski definition) is 0. The number of rotatable bonds is 5. The molecule has 0 spiro atoms. The van der Waals surface area contributed by atoms with Crippen molar-refractivity contribution in [2.45, 2.75) is 55.9 Å². The van der Waals surface area contributed by atoms with Crippen LogP contribution in [-0.2, 0) is 19.2 Å². The fourth-order valence-electron chi connectivity index (χ4n) is 6.24. The molecule has 0 atom stereocenters.